The Bertz CT molecular complexity index is 545. The average Bonchev–Trinajstić information content (AvgIpc) is 3.04. The van der Waals surface area contributed by atoms with Crippen molar-refractivity contribution in [3.05, 3.63) is 30.5 Å². The lowest BCUT2D eigenvalue weighted by Gasteiger charge is -2.05. The van der Waals surface area contributed by atoms with Crippen LogP contribution >= 0.6 is 0 Å². The van der Waals surface area contributed by atoms with E-state index in [0.29, 0.717) is 13.2 Å². The number of hydrogen-bond donors (Lipinski definition) is 2. The third-order valence-corrected chi connectivity index (χ3v) is 2.60. The van der Waals surface area contributed by atoms with Crippen molar-refractivity contribution in [1.82, 2.24) is 4.98 Å². The van der Waals surface area contributed by atoms with E-state index in [1.807, 2.05) is 30.5 Å². The van der Waals surface area contributed by atoms with Gasteiger partial charge in [-0.3, -0.25) is 5.32 Å². The van der Waals surface area contributed by atoms with Crippen LogP contribution in [0.1, 0.15) is 0 Å². The van der Waals surface area contributed by atoms with E-state index in [1.165, 1.54) is 0 Å². The summed E-state index contributed by atoms with van der Waals surface area (Å²) >= 11 is 0. The highest BCUT2D eigenvalue weighted by molar-refractivity contribution is 5.90. The maximum Gasteiger partial charge on any atom is 0.411 e. The van der Waals surface area contributed by atoms with Gasteiger partial charge in [0.25, 0.3) is 0 Å². The van der Waals surface area contributed by atoms with Gasteiger partial charge in [-0.05, 0) is 24.3 Å². The molecule has 0 bridgehead atoms. The van der Waals surface area contributed by atoms with Gasteiger partial charge in [0.15, 0.2) is 0 Å². The Labute approximate surface area is 97.7 Å². The molecule has 0 radical (unpaired) electrons. The van der Waals surface area contributed by atoms with E-state index < -0.39 is 6.09 Å². The van der Waals surface area contributed by atoms with Gasteiger partial charge in [-0.15, -0.1) is 0 Å². The number of ether oxygens (including phenoxy) is 2. The van der Waals surface area contributed by atoms with Crippen molar-refractivity contribution in [2.75, 3.05) is 18.5 Å². The minimum atomic E-state index is -0.449. The van der Waals surface area contributed by atoms with Crippen LogP contribution in [-0.2, 0) is 9.47 Å². The molecule has 2 heterocycles. The molecule has 1 amide bonds. The highest BCUT2D eigenvalue weighted by atomic mass is 16.6. The van der Waals surface area contributed by atoms with Crippen molar-refractivity contribution < 1.29 is 14.3 Å². The van der Waals surface area contributed by atoms with E-state index in [9.17, 15) is 4.79 Å². The SMILES string of the molecule is O=C(Nc1ccc2[nH]ccc2c1)OC[C@H]1CO1. The molecule has 1 fully saturated rings. The van der Waals surface area contributed by atoms with Crippen LogP contribution in [0.4, 0.5) is 10.5 Å². The summed E-state index contributed by atoms with van der Waals surface area (Å²) in [6, 6.07) is 7.58. The fourth-order valence-corrected chi connectivity index (χ4v) is 1.62. The van der Waals surface area contributed by atoms with Crippen molar-refractivity contribution in [2.45, 2.75) is 6.10 Å². The Morgan fingerprint density at radius 3 is 3.24 bits per heavy atom. The number of hydrogen-bond acceptors (Lipinski definition) is 3. The first-order chi connectivity index (χ1) is 8.31. The van der Waals surface area contributed by atoms with Crippen molar-refractivity contribution in [3.8, 4) is 0 Å². The number of rotatable bonds is 3. The van der Waals surface area contributed by atoms with Gasteiger partial charge < -0.3 is 14.5 Å². The van der Waals surface area contributed by atoms with Crippen LogP contribution in [0.2, 0.25) is 0 Å². The largest absolute Gasteiger partial charge is 0.446 e. The van der Waals surface area contributed by atoms with Gasteiger partial charge in [-0.25, -0.2) is 4.79 Å². The highest BCUT2D eigenvalue weighted by Crippen LogP contribution is 2.18. The second kappa shape index (κ2) is 4.10. The first-order valence-electron chi connectivity index (χ1n) is 5.44. The summed E-state index contributed by atoms with van der Waals surface area (Å²) in [6.45, 7) is 1.00. The topological polar surface area (TPSA) is 66.7 Å². The van der Waals surface area contributed by atoms with E-state index in [2.05, 4.69) is 10.3 Å². The number of carbonyl (C=O) groups excluding carboxylic acids is 1. The quantitative estimate of drug-likeness (QED) is 0.796. The lowest BCUT2D eigenvalue weighted by atomic mass is 10.2. The standard InChI is InChI=1S/C12H12N2O3/c15-12(17-7-10-6-16-10)14-9-1-2-11-8(5-9)3-4-13-11/h1-5,10,13H,6-7H2,(H,14,15)/t10-/m1/s1. The van der Waals surface area contributed by atoms with E-state index >= 15 is 0 Å². The lowest BCUT2D eigenvalue weighted by Crippen LogP contribution is -2.16. The fourth-order valence-electron chi connectivity index (χ4n) is 1.62. The van der Waals surface area contributed by atoms with Gasteiger partial charge in [-0.2, -0.15) is 0 Å². The summed E-state index contributed by atoms with van der Waals surface area (Å²) in [7, 11) is 0. The Morgan fingerprint density at radius 2 is 2.41 bits per heavy atom. The second-order valence-electron chi connectivity index (χ2n) is 3.96. The number of H-pyrrole nitrogens is 1. The maximum atomic E-state index is 11.4. The molecule has 1 aliphatic rings. The van der Waals surface area contributed by atoms with Crippen molar-refractivity contribution in [2.24, 2.45) is 0 Å². The third-order valence-electron chi connectivity index (χ3n) is 2.60. The molecule has 1 atom stereocenters. The van der Waals surface area contributed by atoms with Crippen LogP contribution in [0.25, 0.3) is 10.9 Å². The molecule has 1 saturated heterocycles. The van der Waals surface area contributed by atoms with Gasteiger partial charge in [0.05, 0.1) is 6.61 Å². The molecule has 5 nitrogen and oxygen atoms in total. The average molecular weight is 232 g/mol. The smallest absolute Gasteiger partial charge is 0.411 e. The van der Waals surface area contributed by atoms with Crippen LogP contribution in [0, 0.1) is 0 Å². The molecule has 3 rings (SSSR count). The number of amides is 1. The summed E-state index contributed by atoms with van der Waals surface area (Å²) in [6.07, 6.45) is 1.50. The first-order valence-corrected chi connectivity index (χ1v) is 5.44. The van der Waals surface area contributed by atoms with E-state index in [-0.39, 0.29) is 6.10 Å². The predicted molar refractivity (Wildman–Crippen MR) is 63.0 cm³/mol. The van der Waals surface area contributed by atoms with E-state index in [4.69, 9.17) is 9.47 Å². The Morgan fingerprint density at radius 1 is 1.53 bits per heavy atom. The number of epoxide rings is 1. The molecule has 0 aliphatic carbocycles. The van der Waals surface area contributed by atoms with E-state index in [1.54, 1.807) is 0 Å². The molecule has 17 heavy (non-hydrogen) atoms. The monoisotopic (exact) mass is 232 g/mol. The van der Waals surface area contributed by atoms with Gasteiger partial charge in [0, 0.05) is 22.8 Å². The van der Waals surface area contributed by atoms with Crippen molar-refractivity contribution >= 4 is 22.7 Å². The van der Waals surface area contributed by atoms with Gasteiger partial charge in [0.2, 0.25) is 0 Å². The molecular formula is C12H12N2O3. The fraction of sp³-hybridized carbons (Fsp3) is 0.250. The minimum absolute atomic E-state index is 0.0907. The van der Waals surface area contributed by atoms with Crippen LogP contribution < -0.4 is 5.32 Å². The number of carbonyl (C=O) groups is 1. The molecule has 5 heteroatoms. The maximum absolute atomic E-state index is 11.4. The number of nitrogens with one attached hydrogen (secondary N) is 2. The molecule has 0 saturated carbocycles. The van der Waals surface area contributed by atoms with Gasteiger partial charge >= 0.3 is 6.09 Å². The zero-order chi connectivity index (χ0) is 11.7. The van der Waals surface area contributed by atoms with Crippen LogP contribution in [0.15, 0.2) is 30.5 Å². The number of anilines is 1. The molecule has 88 valence electrons. The zero-order valence-corrected chi connectivity index (χ0v) is 9.10. The minimum Gasteiger partial charge on any atom is -0.446 e. The highest BCUT2D eigenvalue weighted by Gasteiger charge is 2.24. The molecule has 1 aromatic heterocycles. The molecule has 2 aromatic rings. The summed E-state index contributed by atoms with van der Waals surface area (Å²) in [4.78, 5) is 14.5. The summed E-state index contributed by atoms with van der Waals surface area (Å²) in [5.41, 5.74) is 1.76. The zero-order valence-electron chi connectivity index (χ0n) is 9.10. The van der Waals surface area contributed by atoms with Crippen LogP contribution in [-0.4, -0.2) is 30.4 Å². The second-order valence-corrected chi connectivity index (χ2v) is 3.96. The number of aromatic nitrogens is 1. The molecule has 1 aliphatic heterocycles. The molecule has 0 spiro atoms. The van der Waals surface area contributed by atoms with Gasteiger partial charge in [-0.1, -0.05) is 0 Å². The normalized spacial score (nSPS) is 18.0. The van der Waals surface area contributed by atoms with Crippen molar-refractivity contribution in [3.63, 3.8) is 0 Å². The number of fused-ring (bicyclic) bond motifs is 1. The van der Waals surface area contributed by atoms with Crippen molar-refractivity contribution in [1.29, 1.82) is 0 Å². The number of benzene rings is 1. The molecule has 0 unspecified atom stereocenters. The van der Waals surface area contributed by atoms with Gasteiger partial charge in [0.1, 0.15) is 12.7 Å². The Hall–Kier alpha value is -2.01. The summed E-state index contributed by atoms with van der Waals surface area (Å²) in [5, 5.41) is 3.73. The predicted octanol–water partition coefficient (Wildman–Crippen LogP) is 2.12. The first kappa shape index (κ1) is 10.2. The third kappa shape index (κ3) is 2.39. The Kier molecular flexibility index (Phi) is 2.45. The molecule has 2 N–H and O–H groups in total. The molecule has 1 aromatic carbocycles. The lowest BCUT2D eigenvalue weighted by molar-refractivity contribution is 0.150. The Balaban J connectivity index is 1.64. The van der Waals surface area contributed by atoms with Crippen LogP contribution in [0.5, 0.6) is 0 Å². The van der Waals surface area contributed by atoms with Crippen LogP contribution in [0.3, 0.4) is 0 Å². The summed E-state index contributed by atoms with van der Waals surface area (Å²) < 4.78 is 9.93. The number of aromatic amines is 1. The summed E-state index contributed by atoms with van der Waals surface area (Å²) in [5.74, 6) is 0. The molecular weight excluding hydrogens is 220 g/mol. The van der Waals surface area contributed by atoms with E-state index in [0.717, 1.165) is 16.6 Å².